The molecular weight excluding hydrogens is 244 g/mol. The van der Waals surface area contributed by atoms with Crippen LogP contribution in [0.25, 0.3) is 6.08 Å². The fraction of sp³-hybridized carbons (Fsp3) is 0.286. The van der Waals surface area contributed by atoms with Gasteiger partial charge in [-0.3, -0.25) is 9.69 Å². The third-order valence-electron chi connectivity index (χ3n) is 2.81. The van der Waals surface area contributed by atoms with Crippen LogP contribution in [0.2, 0.25) is 0 Å². The van der Waals surface area contributed by atoms with Gasteiger partial charge >= 0.3 is 6.03 Å². The number of benzene rings is 1. The summed E-state index contributed by atoms with van der Waals surface area (Å²) in [5.74, 6) is 0.422. The summed E-state index contributed by atoms with van der Waals surface area (Å²) < 4.78 is 5.12. The molecule has 5 heteroatoms. The molecular formula is C14H16N2O3. The molecule has 0 atom stereocenters. The summed E-state index contributed by atoms with van der Waals surface area (Å²) in [4.78, 5) is 24.8. The molecule has 0 aromatic heterocycles. The average Bonchev–Trinajstić information content (AvgIpc) is 2.67. The highest BCUT2D eigenvalue weighted by atomic mass is 16.5. The van der Waals surface area contributed by atoms with Crippen molar-refractivity contribution in [3.63, 3.8) is 0 Å². The van der Waals surface area contributed by atoms with Gasteiger partial charge in [0.2, 0.25) is 0 Å². The van der Waals surface area contributed by atoms with Crippen molar-refractivity contribution in [2.24, 2.45) is 0 Å². The maximum Gasteiger partial charge on any atom is 0.329 e. The fourth-order valence-electron chi connectivity index (χ4n) is 1.90. The third kappa shape index (κ3) is 2.76. The molecule has 1 fully saturated rings. The van der Waals surface area contributed by atoms with Gasteiger partial charge < -0.3 is 10.1 Å². The van der Waals surface area contributed by atoms with Gasteiger partial charge in [-0.05, 0) is 30.2 Å². The molecule has 0 radical (unpaired) electrons. The quantitative estimate of drug-likeness (QED) is 0.665. The zero-order valence-corrected chi connectivity index (χ0v) is 11.0. The van der Waals surface area contributed by atoms with Crippen molar-refractivity contribution in [3.8, 4) is 5.75 Å². The number of ether oxygens (including phenoxy) is 1. The van der Waals surface area contributed by atoms with Gasteiger partial charge in [-0.25, -0.2) is 4.79 Å². The lowest BCUT2D eigenvalue weighted by Gasteiger charge is -2.08. The second kappa shape index (κ2) is 5.56. The number of rotatable bonds is 4. The van der Waals surface area contributed by atoms with Crippen molar-refractivity contribution in [2.75, 3.05) is 13.7 Å². The first-order valence-electron chi connectivity index (χ1n) is 6.14. The number of amides is 3. The summed E-state index contributed by atoms with van der Waals surface area (Å²) in [6.07, 6.45) is 2.39. The van der Waals surface area contributed by atoms with E-state index in [1.54, 1.807) is 19.3 Å². The lowest BCUT2D eigenvalue weighted by Crippen LogP contribution is -2.31. The third-order valence-corrected chi connectivity index (χ3v) is 2.81. The normalized spacial score (nSPS) is 16.9. The summed E-state index contributed by atoms with van der Waals surface area (Å²) in [5, 5.41) is 2.58. The van der Waals surface area contributed by atoms with Gasteiger partial charge in [-0.15, -0.1) is 0 Å². The minimum atomic E-state index is -0.360. The highest BCUT2D eigenvalue weighted by Gasteiger charge is 2.32. The van der Waals surface area contributed by atoms with Crippen LogP contribution < -0.4 is 10.1 Å². The van der Waals surface area contributed by atoms with Crippen LogP contribution >= 0.6 is 0 Å². The topological polar surface area (TPSA) is 58.6 Å². The zero-order chi connectivity index (χ0) is 13.8. The number of methoxy groups -OCH3 is 1. The van der Waals surface area contributed by atoms with Crippen LogP contribution in [0.15, 0.2) is 30.0 Å². The van der Waals surface area contributed by atoms with E-state index in [-0.39, 0.29) is 11.9 Å². The van der Waals surface area contributed by atoms with E-state index in [0.717, 1.165) is 12.0 Å². The van der Waals surface area contributed by atoms with Gasteiger partial charge in [-0.2, -0.15) is 0 Å². The van der Waals surface area contributed by atoms with E-state index in [9.17, 15) is 9.59 Å². The molecule has 1 aliphatic heterocycles. The molecule has 2 rings (SSSR count). The monoisotopic (exact) mass is 260 g/mol. The minimum absolute atomic E-state index is 0.283. The van der Waals surface area contributed by atoms with Crippen molar-refractivity contribution in [3.05, 3.63) is 35.5 Å². The minimum Gasteiger partial charge on any atom is -0.497 e. The van der Waals surface area contributed by atoms with Crippen LogP contribution in [-0.4, -0.2) is 30.5 Å². The smallest absolute Gasteiger partial charge is 0.329 e. The van der Waals surface area contributed by atoms with Crippen molar-refractivity contribution < 1.29 is 14.3 Å². The van der Waals surface area contributed by atoms with Crippen LogP contribution in [0, 0.1) is 0 Å². The Morgan fingerprint density at radius 3 is 2.84 bits per heavy atom. The average molecular weight is 260 g/mol. The van der Waals surface area contributed by atoms with Crippen LogP contribution in [0.3, 0.4) is 0 Å². The molecule has 19 heavy (non-hydrogen) atoms. The van der Waals surface area contributed by atoms with Crippen molar-refractivity contribution in [2.45, 2.75) is 13.3 Å². The van der Waals surface area contributed by atoms with E-state index < -0.39 is 0 Å². The number of carbonyl (C=O) groups excluding carboxylic acids is 2. The lowest BCUT2D eigenvalue weighted by molar-refractivity contribution is -0.122. The molecule has 0 aliphatic carbocycles. The maximum absolute atomic E-state index is 12.0. The summed E-state index contributed by atoms with van der Waals surface area (Å²) >= 11 is 0. The number of hydrogen-bond acceptors (Lipinski definition) is 3. The van der Waals surface area contributed by atoms with E-state index >= 15 is 0 Å². The van der Waals surface area contributed by atoms with Gasteiger partial charge in [0.1, 0.15) is 11.4 Å². The maximum atomic E-state index is 12.0. The summed E-state index contributed by atoms with van der Waals surface area (Å²) in [6, 6.07) is 6.93. The molecule has 0 spiro atoms. The fourth-order valence-corrected chi connectivity index (χ4v) is 1.90. The molecule has 1 aromatic rings. The van der Waals surface area contributed by atoms with Crippen molar-refractivity contribution >= 4 is 18.0 Å². The highest BCUT2D eigenvalue weighted by molar-refractivity contribution is 6.13. The first-order chi connectivity index (χ1) is 9.15. The Labute approximate surface area is 111 Å². The molecule has 1 aliphatic rings. The van der Waals surface area contributed by atoms with E-state index in [4.69, 9.17) is 4.74 Å². The molecule has 1 N–H and O–H groups in total. The van der Waals surface area contributed by atoms with Crippen LogP contribution in [0.1, 0.15) is 18.9 Å². The molecule has 1 heterocycles. The first-order valence-corrected chi connectivity index (χ1v) is 6.14. The predicted octanol–water partition coefficient (Wildman–Crippen LogP) is 2.00. The molecule has 1 saturated heterocycles. The van der Waals surface area contributed by atoms with Crippen molar-refractivity contribution in [1.29, 1.82) is 0 Å². The van der Waals surface area contributed by atoms with Gasteiger partial charge in [0.15, 0.2) is 0 Å². The zero-order valence-electron chi connectivity index (χ0n) is 11.0. The van der Waals surface area contributed by atoms with E-state index in [1.165, 1.54) is 4.90 Å². The Bertz CT molecular complexity index is 537. The van der Waals surface area contributed by atoms with Crippen LogP contribution in [0.4, 0.5) is 4.79 Å². The standard InChI is InChI=1S/C14H16N2O3/c1-3-7-16-13(17)12(15-14(16)18)9-10-5-4-6-11(8-10)19-2/h4-6,8-9H,3,7H2,1-2H3,(H,15,18)/b12-9+. The number of imide groups is 1. The summed E-state index contributed by atoms with van der Waals surface area (Å²) in [6.45, 7) is 2.35. The molecule has 0 bridgehead atoms. The van der Waals surface area contributed by atoms with Gasteiger partial charge in [-0.1, -0.05) is 19.1 Å². The number of nitrogens with zero attached hydrogens (tertiary/aromatic N) is 1. The second-order valence-electron chi connectivity index (χ2n) is 4.22. The Balaban J connectivity index is 2.24. The number of carbonyl (C=O) groups is 2. The molecule has 5 nitrogen and oxygen atoms in total. The molecule has 0 saturated carbocycles. The number of nitrogens with one attached hydrogen (secondary N) is 1. The Morgan fingerprint density at radius 2 is 2.16 bits per heavy atom. The van der Waals surface area contributed by atoms with Gasteiger partial charge in [0.25, 0.3) is 5.91 Å². The number of urea groups is 1. The molecule has 3 amide bonds. The SMILES string of the molecule is CCCN1C(=O)N/C(=C/c2cccc(OC)c2)C1=O. The number of hydrogen-bond donors (Lipinski definition) is 1. The molecule has 1 aromatic carbocycles. The second-order valence-corrected chi connectivity index (χ2v) is 4.22. The Hall–Kier alpha value is -2.30. The first kappa shape index (κ1) is 13.1. The van der Waals surface area contributed by atoms with E-state index in [0.29, 0.717) is 18.0 Å². The highest BCUT2D eigenvalue weighted by Crippen LogP contribution is 2.18. The summed E-state index contributed by atoms with van der Waals surface area (Å²) in [5.41, 5.74) is 1.10. The summed E-state index contributed by atoms with van der Waals surface area (Å²) in [7, 11) is 1.58. The van der Waals surface area contributed by atoms with Crippen LogP contribution in [-0.2, 0) is 4.79 Å². The lowest BCUT2D eigenvalue weighted by atomic mass is 10.2. The van der Waals surface area contributed by atoms with E-state index in [2.05, 4.69) is 5.32 Å². The van der Waals surface area contributed by atoms with Gasteiger partial charge in [0.05, 0.1) is 7.11 Å². The van der Waals surface area contributed by atoms with Crippen molar-refractivity contribution in [1.82, 2.24) is 10.2 Å². The van der Waals surface area contributed by atoms with E-state index in [1.807, 2.05) is 25.1 Å². The Morgan fingerprint density at radius 1 is 1.37 bits per heavy atom. The van der Waals surface area contributed by atoms with Crippen LogP contribution in [0.5, 0.6) is 5.75 Å². The molecule has 100 valence electrons. The predicted molar refractivity (Wildman–Crippen MR) is 71.5 cm³/mol. The Kier molecular flexibility index (Phi) is 3.85. The largest absolute Gasteiger partial charge is 0.497 e. The molecule has 0 unspecified atom stereocenters. The van der Waals surface area contributed by atoms with Gasteiger partial charge in [0, 0.05) is 6.54 Å².